The molecule has 0 fully saturated rings. The van der Waals surface area contributed by atoms with E-state index in [4.69, 9.17) is 9.47 Å². The number of aromatic amines is 1. The highest BCUT2D eigenvalue weighted by molar-refractivity contribution is 6.23. The Morgan fingerprint density at radius 3 is 2.80 bits per heavy atom. The number of hydrogen-bond acceptors (Lipinski definition) is 5. The number of H-pyrrole nitrogens is 1. The van der Waals surface area contributed by atoms with Crippen molar-refractivity contribution in [1.82, 2.24) is 20.3 Å². The van der Waals surface area contributed by atoms with Crippen molar-refractivity contribution in [2.24, 2.45) is 0 Å². The Balaban J connectivity index is 1.50. The van der Waals surface area contributed by atoms with E-state index < -0.39 is 0 Å². The molecule has 7 nitrogen and oxygen atoms in total. The van der Waals surface area contributed by atoms with Gasteiger partial charge in [-0.2, -0.15) is 0 Å². The van der Waals surface area contributed by atoms with Gasteiger partial charge in [0.05, 0.1) is 28.8 Å². The highest BCUT2D eigenvalue weighted by Crippen LogP contribution is 2.33. The highest BCUT2D eigenvalue weighted by Gasteiger charge is 2.18. The molecule has 4 aromatic rings. The molecule has 0 saturated heterocycles. The Morgan fingerprint density at radius 1 is 1.07 bits per heavy atom. The number of pyridine rings is 1. The number of ether oxygens (including phenoxy) is 2. The zero-order valence-corrected chi connectivity index (χ0v) is 16.0. The van der Waals surface area contributed by atoms with Gasteiger partial charge >= 0.3 is 0 Å². The predicted octanol–water partition coefficient (Wildman–Crippen LogP) is 3.54. The lowest BCUT2D eigenvalue weighted by atomic mass is 10.1. The van der Waals surface area contributed by atoms with E-state index in [1.807, 2.05) is 60.7 Å². The maximum atomic E-state index is 13.1. The molecule has 2 aromatic heterocycles. The van der Waals surface area contributed by atoms with Crippen LogP contribution in [-0.2, 0) is 11.3 Å². The lowest BCUT2D eigenvalue weighted by molar-refractivity contribution is -0.115. The molecule has 5 rings (SSSR count). The number of nitrogens with zero attached hydrogens (tertiary/aromatic N) is 2. The van der Waals surface area contributed by atoms with Gasteiger partial charge < -0.3 is 19.8 Å². The monoisotopic (exact) mass is 398 g/mol. The van der Waals surface area contributed by atoms with E-state index in [1.54, 1.807) is 12.3 Å². The van der Waals surface area contributed by atoms with Gasteiger partial charge in [0.1, 0.15) is 5.82 Å². The van der Waals surface area contributed by atoms with Gasteiger partial charge in [-0.15, -0.1) is 0 Å². The van der Waals surface area contributed by atoms with Crippen molar-refractivity contribution in [1.29, 1.82) is 0 Å². The van der Waals surface area contributed by atoms with Gasteiger partial charge in [-0.3, -0.25) is 9.78 Å². The summed E-state index contributed by atoms with van der Waals surface area (Å²) in [5.74, 6) is 1.59. The first-order chi connectivity index (χ1) is 14.8. The average molecular weight is 398 g/mol. The number of benzene rings is 2. The van der Waals surface area contributed by atoms with Crippen LogP contribution in [0.2, 0.25) is 0 Å². The molecule has 0 atom stereocenters. The van der Waals surface area contributed by atoms with Crippen molar-refractivity contribution in [3.8, 4) is 11.5 Å². The first-order valence-corrected chi connectivity index (χ1v) is 9.51. The van der Waals surface area contributed by atoms with Crippen LogP contribution in [0.25, 0.3) is 22.7 Å². The summed E-state index contributed by atoms with van der Waals surface area (Å²) in [4.78, 5) is 25.2. The second-order valence-electron chi connectivity index (χ2n) is 6.78. The molecule has 0 aliphatic carbocycles. The lowest BCUT2D eigenvalue weighted by Crippen LogP contribution is -2.24. The molecule has 0 spiro atoms. The van der Waals surface area contributed by atoms with Gasteiger partial charge in [-0.05, 0) is 48.0 Å². The molecule has 0 radical (unpaired) electrons. The van der Waals surface area contributed by atoms with Crippen molar-refractivity contribution < 1.29 is 14.3 Å². The number of hydrogen-bond donors (Lipinski definition) is 2. The third kappa shape index (κ3) is 3.60. The van der Waals surface area contributed by atoms with E-state index in [1.165, 1.54) is 0 Å². The smallest absolute Gasteiger partial charge is 0.255 e. The largest absolute Gasteiger partial charge is 0.454 e. The molecule has 2 N–H and O–H groups in total. The number of rotatable bonds is 5. The number of imidazole rings is 1. The van der Waals surface area contributed by atoms with Gasteiger partial charge in [0.15, 0.2) is 11.5 Å². The van der Waals surface area contributed by atoms with Crippen molar-refractivity contribution in [3.05, 3.63) is 83.9 Å². The zero-order valence-electron chi connectivity index (χ0n) is 16.0. The number of para-hydroxylation sites is 2. The SMILES string of the molecule is O=C(NCc1ccccn1)/C(=C/c1ccc2c(c1)OCO2)c1nc2ccccc2[nH]1. The van der Waals surface area contributed by atoms with Crippen molar-refractivity contribution in [3.63, 3.8) is 0 Å². The van der Waals surface area contributed by atoms with Gasteiger partial charge in [0.25, 0.3) is 5.91 Å². The molecule has 1 aliphatic heterocycles. The van der Waals surface area contributed by atoms with Crippen molar-refractivity contribution in [2.75, 3.05) is 6.79 Å². The fourth-order valence-corrected chi connectivity index (χ4v) is 3.26. The molecule has 0 unspecified atom stereocenters. The van der Waals surface area contributed by atoms with E-state index in [2.05, 4.69) is 20.3 Å². The molecule has 0 bridgehead atoms. The Labute approximate surface area is 172 Å². The number of carbonyl (C=O) groups is 1. The second-order valence-corrected chi connectivity index (χ2v) is 6.78. The van der Waals surface area contributed by atoms with E-state index in [0.717, 1.165) is 22.3 Å². The summed E-state index contributed by atoms with van der Waals surface area (Å²) in [7, 11) is 0. The summed E-state index contributed by atoms with van der Waals surface area (Å²) in [6.07, 6.45) is 3.48. The number of fused-ring (bicyclic) bond motifs is 2. The van der Waals surface area contributed by atoms with Crippen LogP contribution in [0.4, 0.5) is 0 Å². The fraction of sp³-hybridized carbons (Fsp3) is 0.0870. The third-order valence-electron chi connectivity index (χ3n) is 4.75. The maximum Gasteiger partial charge on any atom is 0.255 e. The summed E-state index contributed by atoms with van der Waals surface area (Å²) in [6.45, 7) is 0.516. The van der Waals surface area contributed by atoms with Crippen LogP contribution in [-0.4, -0.2) is 27.7 Å². The summed E-state index contributed by atoms with van der Waals surface area (Å²) in [6, 6.07) is 18.8. The molecule has 30 heavy (non-hydrogen) atoms. The van der Waals surface area contributed by atoms with E-state index in [9.17, 15) is 4.79 Å². The predicted molar refractivity (Wildman–Crippen MR) is 113 cm³/mol. The van der Waals surface area contributed by atoms with Crippen LogP contribution in [0.3, 0.4) is 0 Å². The van der Waals surface area contributed by atoms with Gasteiger partial charge in [0.2, 0.25) is 6.79 Å². The molecule has 2 aromatic carbocycles. The Bertz CT molecular complexity index is 1210. The molecule has 3 heterocycles. The minimum absolute atomic E-state index is 0.198. The molecule has 1 amide bonds. The van der Waals surface area contributed by atoms with Crippen LogP contribution in [0.1, 0.15) is 17.1 Å². The quantitative estimate of drug-likeness (QED) is 0.502. The Kier molecular flexibility index (Phi) is 4.61. The first kappa shape index (κ1) is 17.9. The van der Waals surface area contributed by atoms with Crippen LogP contribution < -0.4 is 14.8 Å². The average Bonchev–Trinajstić information content (AvgIpc) is 3.42. The normalized spacial score (nSPS) is 12.9. The second kappa shape index (κ2) is 7.71. The molecule has 7 heteroatoms. The molecule has 0 saturated carbocycles. The number of aromatic nitrogens is 3. The first-order valence-electron chi connectivity index (χ1n) is 9.51. The summed E-state index contributed by atoms with van der Waals surface area (Å²) in [5, 5.41) is 2.93. The minimum atomic E-state index is -0.252. The number of carbonyl (C=O) groups excluding carboxylic acids is 1. The highest BCUT2D eigenvalue weighted by atomic mass is 16.7. The summed E-state index contributed by atoms with van der Waals surface area (Å²) in [5.41, 5.74) is 3.66. The van der Waals surface area contributed by atoms with E-state index in [0.29, 0.717) is 29.4 Å². The topological polar surface area (TPSA) is 89.1 Å². The Hall–Kier alpha value is -4.13. The van der Waals surface area contributed by atoms with Crippen molar-refractivity contribution >= 4 is 28.6 Å². The van der Waals surface area contributed by atoms with E-state index >= 15 is 0 Å². The molecular weight excluding hydrogens is 380 g/mol. The lowest BCUT2D eigenvalue weighted by Gasteiger charge is -2.08. The minimum Gasteiger partial charge on any atom is -0.454 e. The van der Waals surface area contributed by atoms with E-state index in [-0.39, 0.29) is 12.7 Å². The van der Waals surface area contributed by atoms with Gasteiger partial charge in [0, 0.05) is 6.20 Å². The van der Waals surface area contributed by atoms with Crippen LogP contribution in [0, 0.1) is 0 Å². The summed E-state index contributed by atoms with van der Waals surface area (Å²) < 4.78 is 10.8. The van der Waals surface area contributed by atoms with Crippen LogP contribution >= 0.6 is 0 Å². The van der Waals surface area contributed by atoms with Gasteiger partial charge in [-0.1, -0.05) is 24.3 Å². The van der Waals surface area contributed by atoms with Crippen LogP contribution in [0.5, 0.6) is 11.5 Å². The summed E-state index contributed by atoms with van der Waals surface area (Å²) >= 11 is 0. The molecule has 148 valence electrons. The van der Waals surface area contributed by atoms with Crippen molar-refractivity contribution in [2.45, 2.75) is 6.54 Å². The fourth-order valence-electron chi connectivity index (χ4n) is 3.26. The molecule has 1 aliphatic rings. The zero-order chi connectivity index (χ0) is 20.3. The molecular formula is C23H18N4O3. The number of amides is 1. The van der Waals surface area contributed by atoms with Crippen LogP contribution in [0.15, 0.2) is 66.9 Å². The Morgan fingerprint density at radius 2 is 1.93 bits per heavy atom. The van der Waals surface area contributed by atoms with Gasteiger partial charge in [-0.25, -0.2) is 4.98 Å². The third-order valence-corrected chi connectivity index (χ3v) is 4.75. The number of nitrogens with one attached hydrogen (secondary N) is 2. The standard InChI is InChI=1S/C23H18N4O3/c28-23(25-13-16-5-3-4-10-24-16)17(22-26-18-6-1-2-7-19(18)27-22)11-15-8-9-20-21(12-15)30-14-29-20/h1-12H,13-14H2,(H,25,28)(H,26,27)/b17-11+. The maximum absolute atomic E-state index is 13.1.